The van der Waals surface area contributed by atoms with Gasteiger partial charge in [0.15, 0.2) is 0 Å². The number of ether oxygens (including phenoxy) is 1. The molecule has 0 unspecified atom stereocenters. The number of hydrogen-bond acceptors (Lipinski definition) is 1. The summed E-state index contributed by atoms with van der Waals surface area (Å²) in [7, 11) is 1.73. The zero-order valence-corrected chi connectivity index (χ0v) is 15.5. The van der Waals surface area contributed by atoms with Gasteiger partial charge in [0.2, 0.25) is 0 Å². The summed E-state index contributed by atoms with van der Waals surface area (Å²) in [5, 5.41) is 0. The molecule has 0 radical (unpaired) electrons. The van der Waals surface area contributed by atoms with E-state index in [0.29, 0.717) is 11.8 Å². The molecule has 0 heterocycles. The maximum absolute atomic E-state index is 7.50. The zero-order chi connectivity index (χ0) is 21.8. The van der Waals surface area contributed by atoms with Crippen molar-refractivity contribution in [3.05, 3.63) is 86.9 Å². The Morgan fingerprint density at radius 2 is 1.30 bits per heavy atom. The van der Waals surface area contributed by atoms with Crippen LogP contribution in [0, 0.1) is 45.1 Å². The van der Waals surface area contributed by atoms with Crippen LogP contribution in [0.25, 0.3) is 5.57 Å². The predicted octanol–water partition coefficient (Wildman–Crippen LogP) is 2.78. The van der Waals surface area contributed by atoms with Gasteiger partial charge in [0.05, 0.1) is 0 Å². The molecule has 0 amide bonds. The Morgan fingerprint density at radius 1 is 0.852 bits per heavy atom. The van der Waals surface area contributed by atoms with Crippen LogP contribution >= 0.6 is 0 Å². The number of rotatable bonds is 3. The van der Waals surface area contributed by atoms with Crippen molar-refractivity contribution < 1.29 is 43.8 Å². The van der Waals surface area contributed by atoms with Crippen molar-refractivity contribution in [3.8, 4) is 0 Å². The van der Waals surface area contributed by atoms with Gasteiger partial charge >= 0.3 is 166 Å². The Labute approximate surface area is 166 Å². The molecule has 2 aliphatic rings. The molecule has 0 aromatic heterocycles. The predicted molar refractivity (Wildman–Crippen MR) is 85.8 cm³/mol. The summed E-state index contributed by atoms with van der Waals surface area (Å²) < 4.78 is 43.9. The second-order valence-electron chi connectivity index (χ2n) is 4.52. The summed E-state index contributed by atoms with van der Waals surface area (Å²) in [5.41, 5.74) is 4.11. The van der Waals surface area contributed by atoms with Gasteiger partial charge in [-0.15, -0.1) is 0 Å². The normalized spacial score (nSPS) is 16.6. The second kappa shape index (κ2) is 20.1. The van der Waals surface area contributed by atoms with Gasteiger partial charge in [-0.05, 0) is 0 Å². The summed E-state index contributed by atoms with van der Waals surface area (Å²) >= 11 is 3.06. The van der Waals surface area contributed by atoms with Crippen LogP contribution in [0.15, 0.2) is 48.1 Å². The molecule has 1 aromatic rings. The average molecular weight is 402 g/mol. The van der Waals surface area contributed by atoms with Crippen molar-refractivity contribution in [2.75, 3.05) is 7.11 Å². The molecular formula is C20H14CrO6. The van der Waals surface area contributed by atoms with E-state index < -0.39 is 0 Å². The number of fused-ring (bicyclic) bond motifs is 2. The van der Waals surface area contributed by atoms with Crippen LogP contribution in [-0.4, -0.2) is 11.7 Å². The maximum atomic E-state index is 7.50. The Morgan fingerprint density at radius 3 is 1.74 bits per heavy atom. The van der Waals surface area contributed by atoms with Crippen LogP contribution in [0.3, 0.4) is 0 Å². The molecule has 0 saturated carbocycles. The monoisotopic (exact) mass is 402 g/mol. The van der Waals surface area contributed by atoms with Crippen LogP contribution in [0.1, 0.15) is 12.0 Å². The van der Waals surface area contributed by atoms with E-state index in [0.717, 1.165) is 4.57 Å². The molecule has 0 aliphatic heterocycles. The van der Waals surface area contributed by atoms with Gasteiger partial charge in [-0.3, -0.25) is 0 Å². The van der Waals surface area contributed by atoms with E-state index in [1.54, 1.807) is 7.11 Å². The van der Waals surface area contributed by atoms with Crippen LogP contribution in [0.4, 0.5) is 0 Å². The fourth-order valence-corrected chi connectivity index (χ4v) is 3.29. The molecule has 2 aliphatic carbocycles. The molecule has 0 fully saturated rings. The van der Waals surface area contributed by atoms with E-state index in [2.05, 4.69) is 91.6 Å². The van der Waals surface area contributed by atoms with Crippen molar-refractivity contribution in [1.29, 1.82) is 0 Å². The third-order valence-corrected chi connectivity index (χ3v) is 4.21. The van der Waals surface area contributed by atoms with E-state index in [1.807, 2.05) is 0 Å². The van der Waals surface area contributed by atoms with E-state index in [1.165, 1.54) is 23.1 Å². The van der Waals surface area contributed by atoms with Crippen molar-refractivity contribution in [3.63, 3.8) is 0 Å². The fourth-order valence-electron chi connectivity index (χ4n) is 2.89. The van der Waals surface area contributed by atoms with Gasteiger partial charge in [0.25, 0.3) is 0 Å². The van der Waals surface area contributed by atoms with Crippen molar-refractivity contribution >= 4 is 10.1 Å². The van der Waals surface area contributed by atoms with Crippen LogP contribution < -0.4 is 0 Å². The van der Waals surface area contributed by atoms with E-state index >= 15 is 0 Å². The first-order valence-electron chi connectivity index (χ1n) is 6.89. The van der Waals surface area contributed by atoms with E-state index in [4.69, 9.17) is 28.0 Å². The molecule has 2 bridgehead atoms. The molecule has 2 atom stereocenters. The summed E-state index contributed by atoms with van der Waals surface area (Å²) in [4.78, 5) is 0. The van der Waals surface area contributed by atoms with Gasteiger partial charge < -0.3 is 0 Å². The molecule has 0 saturated heterocycles. The molecule has 136 valence electrons. The summed E-state index contributed by atoms with van der Waals surface area (Å²) in [5.74, 6) is 1.10. The molecule has 3 rings (SSSR count). The first-order chi connectivity index (χ1) is 13.3. The third-order valence-electron chi connectivity index (χ3n) is 3.61. The third kappa shape index (κ3) is 8.33. The number of hydrogen-bond donors (Lipinski definition) is 0. The number of methoxy groups -OCH3 is 1. The van der Waals surface area contributed by atoms with E-state index in [9.17, 15) is 0 Å². The molecule has 0 spiro atoms. The van der Waals surface area contributed by atoms with Crippen LogP contribution in [-0.2, 0) is 43.8 Å². The summed E-state index contributed by atoms with van der Waals surface area (Å²) in [6.07, 6.45) is 5.84. The van der Waals surface area contributed by atoms with Gasteiger partial charge in [0, 0.05) is 0 Å². The Kier molecular flexibility index (Phi) is 22.0. The minimum atomic E-state index is 0.534. The average Bonchev–Trinajstić information content (AvgIpc) is 3.42. The van der Waals surface area contributed by atoms with Crippen molar-refractivity contribution in [2.45, 2.75) is 6.42 Å². The Hall–Kier alpha value is -2.24. The molecule has 1 aromatic carbocycles. The van der Waals surface area contributed by atoms with Crippen molar-refractivity contribution in [2.24, 2.45) is 11.8 Å². The van der Waals surface area contributed by atoms with Gasteiger partial charge in [-0.25, -0.2) is 0 Å². The topological polar surface area (TPSA) is 109 Å². The molecule has 6 nitrogen and oxygen atoms in total. The van der Waals surface area contributed by atoms with Crippen LogP contribution in [0.2, 0.25) is 0 Å². The quantitative estimate of drug-likeness (QED) is 0.432. The first kappa shape index (κ1) is 29.5. The van der Waals surface area contributed by atoms with E-state index in [-0.39, 0.29) is 0 Å². The zero-order valence-electron chi connectivity index (χ0n) is 14.3. The fraction of sp³-hybridized carbons (Fsp3) is 0.200. The van der Waals surface area contributed by atoms with Gasteiger partial charge in [-0.2, -0.15) is 0 Å². The molecule has 7 heteroatoms. The van der Waals surface area contributed by atoms with Crippen LogP contribution in [0.5, 0.6) is 0 Å². The molecule has 0 N–H and O–H groups in total. The minimum absolute atomic E-state index is 0.534. The summed E-state index contributed by atoms with van der Waals surface area (Å²) in [6, 6.07) is 10.6. The number of benzene rings is 1. The molecular weight excluding hydrogens is 388 g/mol. The standard InChI is InChI=1S/C15H14O.5CO.Cr/c1-16-10-14-12-7-8-13(9-12)15(14)11-5-3-2-4-6-11;5*1-2;/h2-8,12-13H,9H2,1H3;;;;;;/t12-,13+;;;;;;/m0....../s1. The summed E-state index contributed by atoms with van der Waals surface area (Å²) in [6.45, 7) is 22.5. The number of allylic oxidation sites excluding steroid dienone is 3. The Bertz CT molecular complexity index is 687. The van der Waals surface area contributed by atoms with Gasteiger partial charge in [-0.1, -0.05) is 0 Å². The van der Waals surface area contributed by atoms with Gasteiger partial charge in [0.1, 0.15) is 0 Å². The first-order valence-corrected chi connectivity index (χ1v) is 7.53. The second-order valence-corrected chi connectivity index (χ2v) is 5.10. The SMILES string of the molecule is CO[C](=[Cr])C1=C(c2ccccc2)[C@@H]2C=C[C@H]1C2.[C-]#[O+].[C-]#[O+].[C-]#[O+].[C-]#[O+].[C-]#[O+]. The van der Waals surface area contributed by atoms with Crippen molar-refractivity contribution in [1.82, 2.24) is 0 Å². The Balaban J connectivity index is -0.000000504. The molecule has 27 heavy (non-hydrogen) atoms.